The number of benzene rings is 1. The number of methoxy groups -OCH3 is 1. The number of nitrogens with zero attached hydrogens (tertiary/aromatic N) is 4. The van der Waals surface area contributed by atoms with E-state index in [0.717, 1.165) is 5.56 Å². The summed E-state index contributed by atoms with van der Waals surface area (Å²) < 4.78 is 7.14. The minimum atomic E-state index is -0.896. The van der Waals surface area contributed by atoms with Gasteiger partial charge in [-0.25, -0.2) is 15.0 Å². The minimum absolute atomic E-state index is 0.333. The third-order valence-corrected chi connectivity index (χ3v) is 4.68. The Hall–Kier alpha value is -3.71. The first kappa shape index (κ1) is 18.6. The summed E-state index contributed by atoms with van der Waals surface area (Å²) in [6, 6.07) is 15.0. The molecular formula is C22H21N5O2. The fraction of sp³-hybridized carbons (Fsp3) is 0.136. The van der Waals surface area contributed by atoms with Crippen LogP contribution in [0.15, 0.2) is 67.4 Å². The van der Waals surface area contributed by atoms with Crippen LogP contribution in [0.25, 0.3) is 33.8 Å². The molecule has 4 rings (SSSR count). The first-order valence-electron chi connectivity index (χ1n) is 9.16. The lowest BCUT2D eigenvalue weighted by Gasteiger charge is -2.15. The fourth-order valence-corrected chi connectivity index (χ4v) is 3.31. The topological polar surface area (TPSA) is 99.1 Å². The number of hydrogen-bond donors (Lipinski definition) is 2. The van der Waals surface area contributed by atoms with Crippen LogP contribution in [0.5, 0.6) is 5.75 Å². The second-order valence-electron chi connectivity index (χ2n) is 6.49. The summed E-state index contributed by atoms with van der Waals surface area (Å²) in [7, 11) is 1.62. The predicted octanol–water partition coefficient (Wildman–Crippen LogP) is 3.82. The first-order chi connectivity index (χ1) is 14.1. The molecule has 0 aliphatic heterocycles. The standard InChI is InChI=1S/C22H21N5O2/c1-3-7-19(28)27-21(15-9-6-13-24-20(15)23)26-17-12-11-16(25-22(17)27)14-8-4-5-10-18(14)29-2/h3-6,8-13,19,28H,1,7H2,2H3,(H2,23,24). The van der Waals surface area contributed by atoms with Gasteiger partial charge in [0.25, 0.3) is 0 Å². The zero-order valence-corrected chi connectivity index (χ0v) is 16.0. The predicted molar refractivity (Wildman–Crippen MR) is 113 cm³/mol. The van der Waals surface area contributed by atoms with Gasteiger partial charge in [0.2, 0.25) is 0 Å². The van der Waals surface area contributed by atoms with Crippen LogP contribution in [0.1, 0.15) is 12.6 Å². The Morgan fingerprint density at radius 3 is 2.69 bits per heavy atom. The molecular weight excluding hydrogens is 366 g/mol. The van der Waals surface area contributed by atoms with Gasteiger partial charge in [0.15, 0.2) is 5.65 Å². The molecule has 0 saturated carbocycles. The van der Waals surface area contributed by atoms with E-state index in [0.29, 0.717) is 46.2 Å². The van der Waals surface area contributed by atoms with Gasteiger partial charge in [-0.2, -0.15) is 0 Å². The van der Waals surface area contributed by atoms with Gasteiger partial charge in [0, 0.05) is 18.2 Å². The number of nitrogen functional groups attached to an aromatic ring is 1. The van der Waals surface area contributed by atoms with E-state index in [1.807, 2.05) is 42.5 Å². The van der Waals surface area contributed by atoms with Gasteiger partial charge in [-0.3, -0.25) is 4.57 Å². The maximum atomic E-state index is 10.8. The average molecular weight is 387 g/mol. The number of aliphatic hydroxyl groups is 1. The number of rotatable bonds is 6. The van der Waals surface area contributed by atoms with E-state index >= 15 is 0 Å². The minimum Gasteiger partial charge on any atom is -0.496 e. The van der Waals surface area contributed by atoms with Crippen molar-refractivity contribution in [2.45, 2.75) is 12.6 Å². The van der Waals surface area contributed by atoms with Crippen molar-refractivity contribution in [1.29, 1.82) is 0 Å². The molecule has 3 heterocycles. The van der Waals surface area contributed by atoms with Crippen molar-refractivity contribution in [2.75, 3.05) is 12.8 Å². The second-order valence-corrected chi connectivity index (χ2v) is 6.49. The van der Waals surface area contributed by atoms with Crippen LogP contribution >= 0.6 is 0 Å². The summed E-state index contributed by atoms with van der Waals surface area (Å²) >= 11 is 0. The van der Waals surface area contributed by atoms with Crippen LogP contribution < -0.4 is 10.5 Å². The molecule has 0 saturated heterocycles. The van der Waals surface area contributed by atoms with Crippen molar-refractivity contribution >= 4 is 17.0 Å². The highest BCUT2D eigenvalue weighted by Crippen LogP contribution is 2.33. The lowest BCUT2D eigenvalue weighted by Crippen LogP contribution is -2.11. The summed E-state index contributed by atoms with van der Waals surface area (Å²) in [5, 5.41) is 10.8. The molecule has 1 aromatic carbocycles. The van der Waals surface area contributed by atoms with Crippen LogP contribution in [0.4, 0.5) is 5.82 Å². The molecule has 1 unspecified atom stereocenters. The molecule has 3 N–H and O–H groups in total. The van der Waals surface area contributed by atoms with E-state index in [4.69, 9.17) is 15.5 Å². The van der Waals surface area contributed by atoms with Crippen LogP contribution in [0.3, 0.4) is 0 Å². The van der Waals surface area contributed by atoms with Gasteiger partial charge in [0.1, 0.15) is 29.1 Å². The summed E-state index contributed by atoms with van der Waals surface area (Å²) in [4.78, 5) is 13.6. The second kappa shape index (κ2) is 7.73. The fourth-order valence-electron chi connectivity index (χ4n) is 3.31. The van der Waals surface area contributed by atoms with Crippen LogP contribution in [-0.2, 0) is 0 Å². The Balaban J connectivity index is 1.97. The normalized spacial score (nSPS) is 12.1. The number of hydrogen-bond acceptors (Lipinski definition) is 6. The highest BCUT2D eigenvalue weighted by atomic mass is 16.5. The molecule has 0 aliphatic carbocycles. The average Bonchev–Trinajstić information content (AvgIpc) is 3.12. The largest absolute Gasteiger partial charge is 0.496 e. The SMILES string of the molecule is C=CCC(O)n1c(-c2cccnc2N)nc2ccc(-c3ccccc3OC)nc21. The van der Waals surface area contributed by atoms with E-state index in [1.54, 1.807) is 30.0 Å². The molecule has 146 valence electrons. The quantitative estimate of drug-likeness (QED) is 0.488. The number of aromatic nitrogens is 4. The zero-order valence-electron chi connectivity index (χ0n) is 16.0. The van der Waals surface area contributed by atoms with E-state index in [2.05, 4.69) is 16.5 Å². The molecule has 0 aliphatic rings. The molecule has 1 atom stereocenters. The van der Waals surface area contributed by atoms with Gasteiger partial charge in [-0.1, -0.05) is 18.2 Å². The number of nitrogens with two attached hydrogens (primary N) is 1. The van der Waals surface area contributed by atoms with E-state index in [1.165, 1.54) is 0 Å². The third kappa shape index (κ3) is 3.32. The molecule has 0 radical (unpaired) electrons. The van der Waals surface area contributed by atoms with Crippen LogP contribution in [0, 0.1) is 0 Å². The van der Waals surface area contributed by atoms with Crippen molar-refractivity contribution in [1.82, 2.24) is 19.5 Å². The molecule has 0 amide bonds. The number of anilines is 1. The van der Waals surface area contributed by atoms with Crippen molar-refractivity contribution < 1.29 is 9.84 Å². The summed E-state index contributed by atoms with van der Waals surface area (Å²) in [6.45, 7) is 3.73. The van der Waals surface area contributed by atoms with E-state index in [-0.39, 0.29) is 0 Å². The Labute approximate surface area is 168 Å². The number of para-hydroxylation sites is 1. The third-order valence-electron chi connectivity index (χ3n) is 4.68. The summed E-state index contributed by atoms with van der Waals surface area (Å²) in [6.07, 6.45) is 2.70. The zero-order chi connectivity index (χ0) is 20.4. The molecule has 0 fully saturated rings. The highest BCUT2D eigenvalue weighted by Gasteiger charge is 2.21. The molecule has 7 heteroatoms. The molecule has 0 bridgehead atoms. The molecule has 7 nitrogen and oxygen atoms in total. The Morgan fingerprint density at radius 1 is 1.14 bits per heavy atom. The van der Waals surface area contributed by atoms with E-state index < -0.39 is 6.23 Å². The summed E-state index contributed by atoms with van der Waals surface area (Å²) in [5.41, 5.74) is 9.46. The number of ether oxygens (including phenoxy) is 1. The van der Waals surface area contributed by atoms with Crippen molar-refractivity contribution in [2.24, 2.45) is 0 Å². The van der Waals surface area contributed by atoms with Crippen molar-refractivity contribution in [3.63, 3.8) is 0 Å². The summed E-state index contributed by atoms with van der Waals surface area (Å²) in [5.74, 6) is 1.55. The van der Waals surface area contributed by atoms with Gasteiger partial charge in [-0.15, -0.1) is 6.58 Å². The number of imidazole rings is 1. The first-order valence-corrected chi connectivity index (χ1v) is 9.16. The van der Waals surface area contributed by atoms with E-state index in [9.17, 15) is 5.11 Å². The van der Waals surface area contributed by atoms with Crippen LogP contribution in [-0.4, -0.2) is 31.7 Å². The maximum Gasteiger partial charge on any atom is 0.163 e. The van der Waals surface area contributed by atoms with Gasteiger partial charge < -0.3 is 15.6 Å². The lowest BCUT2D eigenvalue weighted by atomic mass is 10.1. The number of fused-ring (bicyclic) bond motifs is 1. The van der Waals surface area contributed by atoms with Gasteiger partial charge in [-0.05, 0) is 36.4 Å². The highest BCUT2D eigenvalue weighted by molar-refractivity contribution is 5.83. The lowest BCUT2D eigenvalue weighted by molar-refractivity contribution is 0.113. The van der Waals surface area contributed by atoms with Gasteiger partial charge >= 0.3 is 0 Å². The monoisotopic (exact) mass is 387 g/mol. The Bertz CT molecular complexity index is 1190. The van der Waals surface area contributed by atoms with Crippen LogP contribution in [0.2, 0.25) is 0 Å². The maximum absolute atomic E-state index is 10.8. The molecule has 29 heavy (non-hydrogen) atoms. The number of pyridine rings is 2. The van der Waals surface area contributed by atoms with Crippen molar-refractivity contribution in [3.8, 4) is 28.4 Å². The molecule has 0 spiro atoms. The molecule has 4 aromatic rings. The van der Waals surface area contributed by atoms with Crippen molar-refractivity contribution in [3.05, 3.63) is 67.4 Å². The Kier molecular flexibility index (Phi) is 4.97. The smallest absolute Gasteiger partial charge is 0.163 e. The van der Waals surface area contributed by atoms with Gasteiger partial charge in [0.05, 0.1) is 18.4 Å². The number of aliphatic hydroxyl groups excluding tert-OH is 1. The Morgan fingerprint density at radius 2 is 1.93 bits per heavy atom. The molecule has 3 aromatic heterocycles.